The maximum Gasteiger partial charge on any atom is 0.500 e. The van der Waals surface area contributed by atoms with E-state index in [1.807, 2.05) is 0 Å². The molecule has 0 saturated heterocycles. The number of benzene rings is 3. The number of hydrogen-bond donors (Lipinski definition) is 0. The molecule has 3 nitrogen and oxygen atoms in total. The molecule has 0 N–H and O–H groups in total. The quantitative estimate of drug-likeness (QED) is 0.122. The summed E-state index contributed by atoms with van der Waals surface area (Å²) in [4.78, 5) is 0. The molecule has 0 amide bonds. The van der Waals surface area contributed by atoms with Crippen LogP contribution in [0.5, 0.6) is 0 Å². The minimum atomic E-state index is -2.83. The molecule has 36 heavy (non-hydrogen) atoms. The summed E-state index contributed by atoms with van der Waals surface area (Å²) in [6.45, 7) is 4.15. The van der Waals surface area contributed by atoms with Crippen LogP contribution in [0, 0.1) is 0 Å². The summed E-state index contributed by atoms with van der Waals surface area (Å²) in [5, 5.41) is 0. The van der Waals surface area contributed by atoms with E-state index in [9.17, 15) is 0 Å². The first-order valence-corrected chi connectivity index (χ1v) is 15.8. The summed E-state index contributed by atoms with van der Waals surface area (Å²) in [5.41, 5.74) is 3.86. The Morgan fingerprint density at radius 3 is 1.22 bits per heavy atom. The molecule has 0 atom stereocenters. The number of hydrogen-bond acceptors (Lipinski definition) is 3. The molecule has 194 valence electrons. The van der Waals surface area contributed by atoms with E-state index in [1.54, 1.807) is 0 Å². The van der Waals surface area contributed by atoms with Crippen molar-refractivity contribution in [2.45, 2.75) is 70.8 Å². The Morgan fingerprint density at radius 2 is 0.833 bits per heavy atom. The van der Waals surface area contributed by atoms with E-state index in [0.29, 0.717) is 19.8 Å². The highest BCUT2D eigenvalue weighted by molar-refractivity contribution is 6.60. The lowest BCUT2D eigenvalue weighted by Gasteiger charge is -2.30. The second kappa shape index (κ2) is 17.3. The Labute approximate surface area is 220 Å². The molecule has 0 radical (unpaired) electrons. The summed E-state index contributed by atoms with van der Waals surface area (Å²) in [6, 6.07) is 32.5. The zero-order valence-electron chi connectivity index (χ0n) is 22.1. The molecule has 0 aromatic heterocycles. The molecule has 0 saturated carbocycles. The van der Waals surface area contributed by atoms with Crippen LogP contribution in [0.3, 0.4) is 0 Å². The van der Waals surface area contributed by atoms with Crippen molar-refractivity contribution in [1.82, 2.24) is 0 Å². The van der Waals surface area contributed by atoms with Gasteiger partial charge in [-0.05, 0) is 42.4 Å². The lowest BCUT2D eigenvalue weighted by atomic mass is 10.1. The van der Waals surface area contributed by atoms with Gasteiger partial charge in [-0.3, -0.25) is 0 Å². The SMILES string of the molecule is CCCCCCCC[Si](OCCc1ccccc1)(OCCc1ccccc1)OCCc1ccccc1. The third-order valence-corrected chi connectivity index (χ3v) is 9.40. The fourth-order valence-electron chi connectivity index (χ4n) is 4.37. The Hall–Kier alpha value is -2.24. The van der Waals surface area contributed by atoms with Gasteiger partial charge in [-0.25, -0.2) is 0 Å². The Morgan fingerprint density at radius 1 is 0.472 bits per heavy atom. The zero-order chi connectivity index (χ0) is 25.2. The van der Waals surface area contributed by atoms with Crippen molar-refractivity contribution in [2.24, 2.45) is 0 Å². The molecule has 0 aliphatic carbocycles. The maximum atomic E-state index is 6.63. The molecule has 0 aliphatic heterocycles. The molecule has 4 heteroatoms. The standard InChI is InChI=1S/C32H44O3Si/c1-2-3-4-5-6-16-29-36(33-26-23-30-17-10-7-11-18-30,34-27-24-31-19-12-8-13-20-31)35-28-25-32-21-14-9-15-22-32/h7-15,17-22H,2-6,16,23-29H2,1H3. The van der Waals surface area contributed by atoms with Gasteiger partial charge in [0.15, 0.2) is 0 Å². The van der Waals surface area contributed by atoms with Crippen LogP contribution in [0.15, 0.2) is 91.0 Å². The van der Waals surface area contributed by atoms with Gasteiger partial charge >= 0.3 is 8.80 Å². The minimum absolute atomic E-state index is 0.628. The van der Waals surface area contributed by atoms with Gasteiger partial charge in [0.2, 0.25) is 0 Å². The van der Waals surface area contributed by atoms with E-state index in [2.05, 4.69) is 97.9 Å². The third kappa shape index (κ3) is 11.2. The summed E-state index contributed by atoms with van der Waals surface area (Å²) in [7, 11) is -2.83. The maximum absolute atomic E-state index is 6.63. The van der Waals surface area contributed by atoms with Crippen LogP contribution in [-0.4, -0.2) is 28.6 Å². The van der Waals surface area contributed by atoms with Gasteiger partial charge in [0.25, 0.3) is 0 Å². The van der Waals surface area contributed by atoms with Crippen molar-refractivity contribution in [1.29, 1.82) is 0 Å². The van der Waals surface area contributed by atoms with Gasteiger partial charge < -0.3 is 13.3 Å². The lowest BCUT2D eigenvalue weighted by molar-refractivity contribution is 0.0608. The normalized spacial score (nSPS) is 11.6. The zero-order valence-corrected chi connectivity index (χ0v) is 23.1. The van der Waals surface area contributed by atoms with Crippen LogP contribution in [0.4, 0.5) is 0 Å². The van der Waals surface area contributed by atoms with Gasteiger partial charge in [-0.2, -0.15) is 0 Å². The van der Waals surface area contributed by atoms with Crippen LogP contribution < -0.4 is 0 Å². The molecular weight excluding hydrogens is 460 g/mol. The number of unbranched alkanes of at least 4 members (excludes halogenated alkanes) is 5. The average molecular weight is 505 g/mol. The Balaban J connectivity index is 1.64. The van der Waals surface area contributed by atoms with Crippen molar-refractivity contribution < 1.29 is 13.3 Å². The van der Waals surface area contributed by atoms with E-state index in [1.165, 1.54) is 48.8 Å². The predicted octanol–water partition coefficient (Wildman–Crippen LogP) is 8.06. The molecule has 0 unspecified atom stereocenters. The topological polar surface area (TPSA) is 27.7 Å². The Bertz CT molecular complexity index is 807. The van der Waals surface area contributed by atoms with Gasteiger partial charge in [-0.1, -0.05) is 130 Å². The molecule has 0 aliphatic rings. The highest BCUT2D eigenvalue weighted by Crippen LogP contribution is 2.22. The number of rotatable bonds is 19. The summed E-state index contributed by atoms with van der Waals surface area (Å²) in [6.07, 6.45) is 10.1. The fourth-order valence-corrected chi connectivity index (χ4v) is 6.98. The fraction of sp³-hybridized carbons (Fsp3) is 0.438. The van der Waals surface area contributed by atoms with Crippen molar-refractivity contribution in [3.05, 3.63) is 108 Å². The van der Waals surface area contributed by atoms with Crippen LogP contribution >= 0.6 is 0 Å². The van der Waals surface area contributed by atoms with Crippen molar-refractivity contribution in [3.63, 3.8) is 0 Å². The first-order valence-electron chi connectivity index (χ1n) is 13.8. The summed E-state index contributed by atoms with van der Waals surface area (Å²) < 4.78 is 19.9. The van der Waals surface area contributed by atoms with Crippen LogP contribution in [0.25, 0.3) is 0 Å². The van der Waals surface area contributed by atoms with E-state index in [-0.39, 0.29) is 0 Å². The second-order valence-electron chi connectivity index (χ2n) is 9.45. The highest BCUT2D eigenvalue weighted by Gasteiger charge is 2.40. The van der Waals surface area contributed by atoms with Gasteiger partial charge in [0.1, 0.15) is 0 Å². The van der Waals surface area contributed by atoms with E-state index < -0.39 is 8.80 Å². The summed E-state index contributed by atoms with van der Waals surface area (Å²) in [5.74, 6) is 0. The van der Waals surface area contributed by atoms with Crippen LogP contribution in [0.2, 0.25) is 6.04 Å². The molecule has 0 spiro atoms. The van der Waals surface area contributed by atoms with E-state index in [0.717, 1.165) is 31.7 Å². The largest absolute Gasteiger partial charge is 0.500 e. The molecular formula is C32H44O3Si. The highest BCUT2D eigenvalue weighted by atomic mass is 28.4. The molecule has 0 heterocycles. The lowest BCUT2D eigenvalue weighted by Crippen LogP contribution is -2.47. The van der Waals surface area contributed by atoms with Gasteiger partial charge in [-0.15, -0.1) is 0 Å². The van der Waals surface area contributed by atoms with Crippen molar-refractivity contribution in [2.75, 3.05) is 19.8 Å². The van der Waals surface area contributed by atoms with E-state index >= 15 is 0 Å². The van der Waals surface area contributed by atoms with Crippen molar-refractivity contribution >= 4 is 8.80 Å². The third-order valence-electron chi connectivity index (χ3n) is 6.50. The van der Waals surface area contributed by atoms with Crippen molar-refractivity contribution in [3.8, 4) is 0 Å². The molecule has 3 aromatic carbocycles. The molecule has 0 fully saturated rings. The van der Waals surface area contributed by atoms with E-state index in [4.69, 9.17) is 13.3 Å². The van der Waals surface area contributed by atoms with Crippen LogP contribution in [-0.2, 0) is 32.5 Å². The second-order valence-corrected chi connectivity index (χ2v) is 12.2. The first kappa shape index (κ1) is 28.3. The molecule has 3 aromatic rings. The molecule has 0 bridgehead atoms. The smallest absolute Gasteiger partial charge is 0.373 e. The molecule has 3 rings (SSSR count). The van der Waals surface area contributed by atoms with Gasteiger partial charge in [0, 0.05) is 25.9 Å². The average Bonchev–Trinajstić information content (AvgIpc) is 2.92. The summed E-state index contributed by atoms with van der Waals surface area (Å²) >= 11 is 0. The van der Waals surface area contributed by atoms with Crippen LogP contribution in [0.1, 0.15) is 62.1 Å². The minimum Gasteiger partial charge on any atom is -0.373 e. The monoisotopic (exact) mass is 504 g/mol. The first-order chi connectivity index (χ1) is 17.8. The van der Waals surface area contributed by atoms with Gasteiger partial charge in [0.05, 0.1) is 0 Å². The predicted molar refractivity (Wildman–Crippen MR) is 152 cm³/mol. The Kier molecular flexibility index (Phi) is 13.6.